The summed E-state index contributed by atoms with van der Waals surface area (Å²) in [5, 5.41) is 5.57. The minimum Gasteiger partial charge on any atom is -0.378 e. The largest absolute Gasteiger partial charge is 0.378 e. The van der Waals surface area contributed by atoms with Crippen LogP contribution in [0.15, 0.2) is 35.3 Å². The Morgan fingerprint density at radius 3 is 2.52 bits per heavy atom. The zero-order chi connectivity index (χ0) is 20.5. The van der Waals surface area contributed by atoms with E-state index < -0.39 is 0 Å². The van der Waals surface area contributed by atoms with Gasteiger partial charge < -0.3 is 14.2 Å². The number of hydrogen-bond donors (Lipinski definition) is 0. The van der Waals surface area contributed by atoms with Gasteiger partial charge >= 0.3 is 0 Å². The molecule has 1 fully saturated rings. The number of hydrogen-bond acceptors (Lipinski definition) is 4. The van der Waals surface area contributed by atoms with E-state index in [-0.39, 0.29) is 23.8 Å². The molecular formula is C21H23FN4O3. The Hall–Kier alpha value is -3.00. The Labute approximate surface area is 167 Å². The maximum Gasteiger partial charge on any atom is 0.276 e. The highest BCUT2D eigenvalue weighted by Crippen LogP contribution is 2.23. The number of fused-ring (bicyclic) bond motifs is 1. The lowest BCUT2D eigenvalue weighted by Crippen LogP contribution is -2.43. The topological polar surface area (TPSA) is 69.4 Å². The summed E-state index contributed by atoms with van der Waals surface area (Å²) in [7, 11) is 0. The molecule has 1 aromatic carbocycles. The molecule has 8 heteroatoms. The van der Waals surface area contributed by atoms with Crippen molar-refractivity contribution < 1.29 is 13.9 Å². The number of morpholine rings is 1. The molecule has 1 aliphatic rings. The number of aryl methyl sites for hydroxylation is 2. The van der Waals surface area contributed by atoms with Crippen LogP contribution in [0, 0.1) is 19.7 Å². The first-order valence-corrected chi connectivity index (χ1v) is 9.61. The number of carbonyl (C=O) groups excluding carboxylic acids is 1. The lowest BCUT2D eigenvalue weighted by molar-refractivity contribution is -0.136. The molecule has 0 N–H and O–H groups in total. The molecule has 0 saturated carbocycles. The van der Waals surface area contributed by atoms with Crippen LogP contribution in [0.25, 0.3) is 10.8 Å². The molecule has 3 aromatic rings. The SMILES string of the molecule is Cc1c2cnn(CC(=O)N3CCOCC3)c(=O)c2c(C)n1Cc1ccc(F)cc1. The highest BCUT2D eigenvalue weighted by Gasteiger charge is 2.21. The predicted octanol–water partition coefficient (Wildman–Crippen LogP) is 1.86. The van der Waals surface area contributed by atoms with Gasteiger partial charge in [0.15, 0.2) is 0 Å². The van der Waals surface area contributed by atoms with E-state index in [0.29, 0.717) is 38.2 Å². The fourth-order valence-corrected chi connectivity index (χ4v) is 3.81. The molecule has 152 valence electrons. The molecular weight excluding hydrogens is 375 g/mol. The standard InChI is InChI=1S/C21H23FN4O3/c1-14-18-11-23-26(13-19(27)24-7-9-29-10-8-24)21(28)20(18)15(2)25(14)12-16-3-5-17(22)6-4-16/h3-6,11H,7-10,12-13H2,1-2H3. The minimum absolute atomic E-state index is 0.0869. The number of rotatable bonds is 4. The van der Waals surface area contributed by atoms with Gasteiger partial charge in [0, 0.05) is 36.4 Å². The van der Waals surface area contributed by atoms with Crippen LogP contribution in [0.4, 0.5) is 4.39 Å². The van der Waals surface area contributed by atoms with E-state index in [1.807, 2.05) is 18.4 Å². The van der Waals surface area contributed by atoms with Crippen LogP contribution in [0.1, 0.15) is 17.0 Å². The maximum absolute atomic E-state index is 13.2. The van der Waals surface area contributed by atoms with E-state index >= 15 is 0 Å². The Bertz CT molecular complexity index is 1110. The number of nitrogens with zero attached hydrogens (tertiary/aromatic N) is 4. The van der Waals surface area contributed by atoms with E-state index in [2.05, 4.69) is 5.10 Å². The number of benzene rings is 1. The molecule has 0 bridgehead atoms. The van der Waals surface area contributed by atoms with E-state index in [4.69, 9.17) is 4.74 Å². The number of aromatic nitrogens is 3. The fraction of sp³-hybridized carbons (Fsp3) is 0.381. The van der Waals surface area contributed by atoms with Crippen LogP contribution in [0.3, 0.4) is 0 Å². The van der Waals surface area contributed by atoms with Gasteiger partial charge in [-0.15, -0.1) is 0 Å². The van der Waals surface area contributed by atoms with Crippen molar-refractivity contribution in [1.29, 1.82) is 0 Å². The maximum atomic E-state index is 13.2. The summed E-state index contributed by atoms with van der Waals surface area (Å²) in [5.41, 5.74) is 2.39. The summed E-state index contributed by atoms with van der Waals surface area (Å²) in [4.78, 5) is 27.3. The smallest absolute Gasteiger partial charge is 0.276 e. The Morgan fingerprint density at radius 2 is 1.83 bits per heavy atom. The highest BCUT2D eigenvalue weighted by atomic mass is 19.1. The van der Waals surface area contributed by atoms with Gasteiger partial charge in [-0.25, -0.2) is 9.07 Å². The zero-order valence-corrected chi connectivity index (χ0v) is 16.5. The van der Waals surface area contributed by atoms with Gasteiger partial charge in [0.05, 0.1) is 24.8 Å². The second-order valence-corrected chi connectivity index (χ2v) is 7.27. The first-order chi connectivity index (χ1) is 14.0. The van der Waals surface area contributed by atoms with E-state index in [9.17, 15) is 14.0 Å². The molecule has 0 spiro atoms. The van der Waals surface area contributed by atoms with Gasteiger partial charge in [-0.3, -0.25) is 9.59 Å². The summed E-state index contributed by atoms with van der Waals surface area (Å²) in [6.45, 7) is 6.34. The minimum atomic E-state index is -0.281. The zero-order valence-electron chi connectivity index (χ0n) is 16.5. The second kappa shape index (κ2) is 7.79. The quantitative estimate of drug-likeness (QED) is 0.673. The second-order valence-electron chi connectivity index (χ2n) is 7.27. The average molecular weight is 398 g/mol. The fourth-order valence-electron chi connectivity index (χ4n) is 3.81. The number of carbonyl (C=O) groups is 1. The van der Waals surface area contributed by atoms with Crippen molar-refractivity contribution in [3.8, 4) is 0 Å². The molecule has 4 rings (SSSR count). The molecule has 2 aromatic heterocycles. The monoisotopic (exact) mass is 398 g/mol. The summed E-state index contributed by atoms with van der Waals surface area (Å²) in [5.74, 6) is -0.417. The van der Waals surface area contributed by atoms with E-state index in [1.165, 1.54) is 16.8 Å². The third-order valence-electron chi connectivity index (χ3n) is 5.51. The van der Waals surface area contributed by atoms with Gasteiger partial charge in [-0.2, -0.15) is 5.10 Å². The molecule has 29 heavy (non-hydrogen) atoms. The van der Waals surface area contributed by atoms with E-state index in [0.717, 1.165) is 22.3 Å². The molecule has 1 saturated heterocycles. The van der Waals surface area contributed by atoms with Gasteiger partial charge in [-0.05, 0) is 31.5 Å². The summed E-state index contributed by atoms with van der Waals surface area (Å²) in [6.07, 6.45) is 1.65. The first kappa shape index (κ1) is 19.3. The molecule has 0 unspecified atom stereocenters. The molecule has 1 aliphatic heterocycles. The summed E-state index contributed by atoms with van der Waals surface area (Å²) >= 11 is 0. The van der Waals surface area contributed by atoms with E-state index in [1.54, 1.807) is 23.2 Å². The molecule has 1 amide bonds. The van der Waals surface area contributed by atoms with Crippen molar-refractivity contribution in [1.82, 2.24) is 19.2 Å². The lowest BCUT2D eigenvalue weighted by Gasteiger charge is -2.26. The van der Waals surface area contributed by atoms with Crippen LogP contribution in [0.2, 0.25) is 0 Å². The Morgan fingerprint density at radius 1 is 1.14 bits per heavy atom. The first-order valence-electron chi connectivity index (χ1n) is 9.61. The Kier molecular flexibility index (Phi) is 5.19. The van der Waals surface area contributed by atoms with Crippen molar-refractivity contribution in [2.75, 3.05) is 26.3 Å². The molecule has 7 nitrogen and oxygen atoms in total. The third kappa shape index (κ3) is 3.67. The number of amides is 1. The van der Waals surface area contributed by atoms with Crippen LogP contribution in [-0.2, 0) is 22.6 Å². The Balaban J connectivity index is 1.67. The van der Waals surface area contributed by atoms with Crippen LogP contribution in [-0.4, -0.2) is 51.5 Å². The predicted molar refractivity (Wildman–Crippen MR) is 106 cm³/mol. The third-order valence-corrected chi connectivity index (χ3v) is 5.51. The van der Waals surface area contributed by atoms with Gasteiger partial charge in [-0.1, -0.05) is 12.1 Å². The normalized spacial score (nSPS) is 14.5. The van der Waals surface area contributed by atoms with Crippen molar-refractivity contribution in [2.45, 2.75) is 26.9 Å². The number of halogens is 1. The molecule has 0 atom stereocenters. The van der Waals surface area contributed by atoms with Gasteiger partial charge in [0.2, 0.25) is 5.91 Å². The van der Waals surface area contributed by atoms with Crippen LogP contribution in [0.5, 0.6) is 0 Å². The number of ether oxygens (including phenoxy) is 1. The van der Waals surface area contributed by atoms with Gasteiger partial charge in [0.1, 0.15) is 12.4 Å². The average Bonchev–Trinajstić information content (AvgIpc) is 2.97. The summed E-state index contributed by atoms with van der Waals surface area (Å²) < 4.78 is 21.7. The van der Waals surface area contributed by atoms with Crippen molar-refractivity contribution in [3.05, 3.63) is 63.6 Å². The van der Waals surface area contributed by atoms with Crippen molar-refractivity contribution >= 4 is 16.7 Å². The van der Waals surface area contributed by atoms with Crippen molar-refractivity contribution in [3.63, 3.8) is 0 Å². The highest BCUT2D eigenvalue weighted by molar-refractivity contribution is 5.87. The van der Waals surface area contributed by atoms with Crippen LogP contribution >= 0.6 is 0 Å². The molecule has 3 heterocycles. The summed E-state index contributed by atoms with van der Waals surface area (Å²) in [6, 6.07) is 6.32. The van der Waals surface area contributed by atoms with Gasteiger partial charge in [0.25, 0.3) is 5.56 Å². The van der Waals surface area contributed by atoms with Crippen molar-refractivity contribution in [2.24, 2.45) is 0 Å². The lowest BCUT2D eigenvalue weighted by atomic mass is 10.2. The molecule has 0 aliphatic carbocycles. The molecule has 0 radical (unpaired) electrons. The van der Waals surface area contributed by atoms with Crippen LogP contribution < -0.4 is 5.56 Å².